The second-order valence-corrected chi connectivity index (χ2v) is 7.70. The topological polar surface area (TPSA) is 57.4 Å². The molecule has 0 aliphatic heterocycles. The normalized spacial score (nSPS) is 11.8. The van der Waals surface area contributed by atoms with E-state index in [2.05, 4.69) is 33.0 Å². The van der Waals surface area contributed by atoms with Crippen LogP contribution in [0.3, 0.4) is 0 Å². The van der Waals surface area contributed by atoms with Crippen molar-refractivity contribution in [2.75, 3.05) is 0 Å². The molecule has 13 heavy (non-hydrogen) atoms. The van der Waals surface area contributed by atoms with Gasteiger partial charge in [-0.05, 0) is 0 Å². The second-order valence-electron chi connectivity index (χ2n) is 3.50. The first-order valence-electron chi connectivity index (χ1n) is 4.21. The summed E-state index contributed by atoms with van der Waals surface area (Å²) in [6.45, 7) is 4.43. The van der Waals surface area contributed by atoms with E-state index in [1.807, 2.05) is 12.4 Å². The number of nitrogens with zero attached hydrogens (tertiary/aromatic N) is 2. The molecule has 0 radical (unpaired) electrons. The third-order valence-electron chi connectivity index (χ3n) is 2.18. The van der Waals surface area contributed by atoms with Crippen LogP contribution in [-0.4, -0.2) is 28.0 Å². The van der Waals surface area contributed by atoms with E-state index in [1.165, 1.54) is 0 Å². The summed E-state index contributed by atoms with van der Waals surface area (Å²) in [6.07, 6.45) is 7.28. The Morgan fingerprint density at radius 1 is 1.00 bits per heavy atom. The maximum Gasteiger partial charge on any atom is 0.200 e. The van der Waals surface area contributed by atoms with Crippen molar-refractivity contribution in [1.82, 2.24) is 19.9 Å². The van der Waals surface area contributed by atoms with Crippen molar-refractivity contribution in [2.24, 2.45) is 0 Å². The van der Waals surface area contributed by atoms with E-state index in [0.29, 0.717) is 0 Å². The van der Waals surface area contributed by atoms with Gasteiger partial charge in [0, 0.05) is 24.8 Å². The number of nitrogens with one attached hydrogen (secondary N) is 2. The van der Waals surface area contributed by atoms with Crippen LogP contribution in [0.5, 0.6) is 0 Å². The summed E-state index contributed by atoms with van der Waals surface area (Å²) in [6, 6.07) is 0. The lowest BCUT2D eigenvalue weighted by Gasteiger charge is -2.15. The van der Waals surface area contributed by atoms with Gasteiger partial charge in [-0.2, -0.15) is 0 Å². The smallest absolute Gasteiger partial charge is 0.200 e. The van der Waals surface area contributed by atoms with Gasteiger partial charge < -0.3 is 9.97 Å². The average molecular weight is 192 g/mol. The molecular formula is C8H12N4Si. The summed E-state index contributed by atoms with van der Waals surface area (Å²) >= 11 is 0. The maximum atomic E-state index is 4.29. The van der Waals surface area contributed by atoms with Crippen LogP contribution in [0.4, 0.5) is 0 Å². The lowest BCUT2D eigenvalue weighted by molar-refractivity contribution is 1.32. The van der Waals surface area contributed by atoms with Gasteiger partial charge in [-0.1, -0.05) is 13.1 Å². The standard InChI is InChI=1S/C8H12N4Si/c1-13(2,7-9-3-4-10-7)8-11-5-6-12-8/h3-6H,1-2H3,(H,9,10)(H,11,12). The SMILES string of the molecule is C[Si](C)(c1ncc[nH]1)c1ncc[nH]1. The zero-order valence-corrected chi connectivity index (χ0v) is 8.70. The summed E-state index contributed by atoms with van der Waals surface area (Å²) in [5.41, 5.74) is 2.12. The Hall–Kier alpha value is -1.36. The molecule has 0 fully saturated rings. The highest BCUT2D eigenvalue weighted by atomic mass is 28.3. The molecule has 0 aromatic carbocycles. The van der Waals surface area contributed by atoms with Gasteiger partial charge in [0.05, 0.1) is 10.9 Å². The molecule has 2 N–H and O–H groups in total. The molecule has 2 aromatic rings. The third kappa shape index (κ3) is 1.31. The predicted molar refractivity (Wildman–Crippen MR) is 53.9 cm³/mol. The van der Waals surface area contributed by atoms with Gasteiger partial charge in [0.15, 0.2) is 8.07 Å². The fraction of sp³-hybridized carbons (Fsp3) is 0.250. The first kappa shape index (κ1) is 8.24. The molecule has 4 nitrogen and oxygen atoms in total. The molecule has 0 spiro atoms. The number of aromatic nitrogens is 4. The molecular weight excluding hydrogens is 180 g/mol. The summed E-state index contributed by atoms with van der Waals surface area (Å²) < 4.78 is 0. The van der Waals surface area contributed by atoms with Crippen LogP contribution in [0.15, 0.2) is 24.8 Å². The Balaban J connectivity index is 2.42. The Labute approximate surface area is 77.5 Å². The molecule has 0 saturated heterocycles. The third-order valence-corrected chi connectivity index (χ3v) is 5.10. The molecule has 0 atom stereocenters. The van der Waals surface area contributed by atoms with E-state index in [1.54, 1.807) is 12.4 Å². The van der Waals surface area contributed by atoms with Gasteiger partial charge in [0.25, 0.3) is 0 Å². The fourth-order valence-electron chi connectivity index (χ4n) is 1.33. The van der Waals surface area contributed by atoms with Crippen molar-refractivity contribution in [2.45, 2.75) is 13.1 Å². The van der Waals surface area contributed by atoms with E-state index in [-0.39, 0.29) is 0 Å². The molecule has 0 bridgehead atoms. The van der Waals surface area contributed by atoms with E-state index < -0.39 is 8.07 Å². The molecule has 68 valence electrons. The highest BCUT2D eigenvalue weighted by Gasteiger charge is 2.31. The van der Waals surface area contributed by atoms with Gasteiger partial charge in [-0.3, -0.25) is 0 Å². The number of imidazole rings is 2. The van der Waals surface area contributed by atoms with Crippen molar-refractivity contribution < 1.29 is 0 Å². The maximum absolute atomic E-state index is 4.29. The highest BCUT2D eigenvalue weighted by Crippen LogP contribution is 1.97. The second kappa shape index (κ2) is 2.84. The van der Waals surface area contributed by atoms with Crippen LogP contribution in [0.25, 0.3) is 0 Å². The Kier molecular flexibility index (Phi) is 1.80. The van der Waals surface area contributed by atoms with Crippen molar-refractivity contribution in [3.05, 3.63) is 24.8 Å². The number of rotatable bonds is 2. The number of aromatic amines is 2. The molecule has 0 saturated carbocycles. The number of H-pyrrole nitrogens is 2. The van der Waals surface area contributed by atoms with Crippen LogP contribution in [0, 0.1) is 0 Å². The minimum atomic E-state index is -1.68. The molecule has 2 aromatic heterocycles. The molecule has 2 heterocycles. The van der Waals surface area contributed by atoms with E-state index in [4.69, 9.17) is 0 Å². The van der Waals surface area contributed by atoms with Crippen LogP contribution in [0.1, 0.15) is 0 Å². The van der Waals surface area contributed by atoms with E-state index in [0.717, 1.165) is 10.9 Å². The Morgan fingerprint density at radius 3 is 1.77 bits per heavy atom. The first-order chi connectivity index (χ1) is 6.21. The van der Waals surface area contributed by atoms with Crippen molar-refractivity contribution in [3.63, 3.8) is 0 Å². The van der Waals surface area contributed by atoms with Crippen LogP contribution < -0.4 is 10.9 Å². The zero-order chi connectivity index (χ0) is 9.31. The van der Waals surface area contributed by atoms with Gasteiger partial charge >= 0.3 is 0 Å². The number of hydrogen-bond acceptors (Lipinski definition) is 2. The van der Waals surface area contributed by atoms with Gasteiger partial charge in [0.2, 0.25) is 0 Å². The zero-order valence-electron chi connectivity index (χ0n) is 7.70. The molecule has 0 aliphatic rings. The summed E-state index contributed by atoms with van der Waals surface area (Å²) in [7, 11) is -1.68. The minimum Gasteiger partial charge on any atom is -0.352 e. The summed E-state index contributed by atoms with van der Waals surface area (Å²) in [5.74, 6) is 0. The average Bonchev–Trinajstić information content (AvgIpc) is 2.78. The van der Waals surface area contributed by atoms with Crippen molar-refractivity contribution >= 4 is 19.0 Å². The van der Waals surface area contributed by atoms with Gasteiger partial charge in [0.1, 0.15) is 0 Å². The fourth-order valence-corrected chi connectivity index (χ4v) is 3.23. The molecule has 0 aliphatic carbocycles. The largest absolute Gasteiger partial charge is 0.352 e. The van der Waals surface area contributed by atoms with Crippen LogP contribution >= 0.6 is 0 Å². The highest BCUT2D eigenvalue weighted by molar-refractivity contribution is 6.98. The van der Waals surface area contributed by atoms with Crippen LogP contribution in [0.2, 0.25) is 13.1 Å². The molecule has 5 heteroatoms. The molecule has 2 rings (SSSR count). The lowest BCUT2D eigenvalue weighted by atomic mass is 11.0. The van der Waals surface area contributed by atoms with Gasteiger partial charge in [-0.25, -0.2) is 9.97 Å². The van der Waals surface area contributed by atoms with Crippen molar-refractivity contribution in [1.29, 1.82) is 0 Å². The first-order valence-corrected chi connectivity index (χ1v) is 7.21. The predicted octanol–water partition coefficient (Wildman–Crippen LogP) is -0.0446. The number of hydrogen-bond donors (Lipinski definition) is 2. The summed E-state index contributed by atoms with van der Waals surface area (Å²) in [5, 5.41) is 0. The monoisotopic (exact) mass is 192 g/mol. The lowest BCUT2D eigenvalue weighted by Crippen LogP contribution is -2.56. The Morgan fingerprint density at radius 2 is 1.46 bits per heavy atom. The van der Waals surface area contributed by atoms with E-state index >= 15 is 0 Å². The summed E-state index contributed by atoms with van der Waals surface area (Å²) in [4.78, 5) is 14.9. The van der Waals surface area contributed by atoms with Crippen LogP contribution in [-0.2, 0) is 0 Å². The molecule has 0 unspecified atom stereocenters. The Bertz CT molecular complexity index is 327. The van der Waals surface area contributed by atoms with E-state index in [9.17, 15) is 0 Å². The van der Waals surface area contributed by atoms with Crippen molar-refractivity contribution in [3.8, 4) is 0 Å². The van der Waals surface area contributed by atoms with Gasteiger partial charge in [-0.15, -0.1) is 0 Å². The minimum absolute atomic E-state index is 1.06. The molecule has 0 amide bonds. The quantitative estimate of drug-likeness (QED) is 0.656.